The normalized spacial score (nSPS) is 28.6. The van der Waals surface area contributed by atoms with Gasteiger partial charge in [-0.3, -0.25) is 0 Å². The molecule has 2 fully saturated rings. The van der Waals surface area contributed by atoms with E-state index in [0.717, 1.165) is 5.69 Å². The quantitative estimate of drug-likeness (QED) is 0.843. The standard InChI is InChI=1S/C11H16N2O2S2/c1-8-4-13(17(14,15)7-8)5-10-6-16-11(12-10)9-2-3-9/h6,8-9H,2-5,7H2,1H3. The van der Waals surface area contributed by atoms with Crippen LogP contribution < -0.4 is 0 Å². The van der Waals surface area contributed by atoms with Gasteiger partial charge >= 0.3 is 0 Å². The Hall–Kier alpha value is -0.460. The first-order valence-corrected chi connectivity index (χ1v) is 8.45. The molecule has 1 aromatic rings. The van der Waals surface area contributed by atoms with Crippen LogP contribution in [0.1, 0.15) is 36.4 Å². The molecule has 3 rings (SSSR count). The van der Waals surface area contributed by atoms with Crippen LogP contribution >= 0.6 is 11.3 Å². The van der Waals surface area contributed by atoms with Gasteiger partial charge in [0, 0.05) is 17.8 Å². The summed E-state index contributed by atoms with van der Waals surface area (Å²) in [6.07, 6.45) is 2.48. The second-order valence-electron chi connectivity index (χ2n) is 5.13. The van der Waals surface area contributed by atoms with Crippen LogP contribution in [0.5, 0.6) is 0 Å². The number of thiazole rings is 1. The monoisotopic (exact) mass is 272 g/mol. The molecule has 2 aliphatic rings. The molecule has 1 aliphatic heterocycles. The highest BCUT2D eigenvalue weighted by atomic mass is 32.2. The van der Waals surface area contributed by atoms with Gasteiger partial charge in [-0.25, -0.2) is 13.4 Å². The number of hydrogen-bond donors (Lipinski definition) is 0. The molecule has 2 heterocycles. The Balaban J connectivity index is 1.73. The summed E-state index contributed by atoms with van der Waals surface area (Å²) in [5.74, 6) is 1.18. The van der Waals surface area contributed by atoms with Crippen molar-refractivity contribution >= 4 is 21.4 Å². The molecule has 1 aliphatic carbocycles. The van der Waals surface area contributed by atoms with E-state index < -0.39 is 10.0 Å². The fourth-order valence-corrected chi connectivity index (χ4v) is 5.06. The molecule has 17 heavy (non-hydrogen) atoms. The molecule has 1 saturated carbocycles. The Bertz CT molecular complexity index is 519. The van der Waals surface area contributed by atoms with E-state index in [0.29, 0.717) is 19.0 Å². The number of aromatic nitrogens is 1. The Kier molecular flexibility index (Phi) is 2.76. The first-order chi connectivity index (χ1) is 8.04. The number of nitrogens with zero attached hydrogens (tertiary/aromatic N) is 2. The Labute approximate surface area is 106 Å². The molecule has 1 atom stereocenters. The molecule has 1 unspecified atom stereocenters. The van der Waals surface area contributed by atoms with Crippen molar-refractivity contribution in [1.29, 1.82) is 0 Å². The van der Waals surface area contributed by atoms with Gasteiger partial charge in [-0.2, -0.15) is 4.31 Å². The van der Waals surface area contributed by atoms with E-state index in [1.807, 2.05) is 12.3 Å². The van der Waals surface area contributed by atoms with Gasteiger partial charge in [-0.15, -0.1) is 11.3 Å². The summed E-state index contributed by atoms with van der Waals surface area (Å²) in [6, 6.07) is 0. The van der Waals surface area contributed by atoms with Gasteiger partial charge in [-0.05, 0) is 18.8 Å². The highest BCUT2D eigenvalue weighted by Gasteiger charge is 2.34. The summed E-state index contributed by atoms with van der Waals surface area (Å²) in [5.41, 5.74) is 0.912. The summed E-state index contributed by atoms with van der Waals surface area (Å²) >= 11 is 1.67. The lowest BCUT2D eigenvalue weighted by Crippen LogP contribution is -2.25. The van der Waals surface area contributed by atoms with E-state index in [1.165, 1.54) is 17.8 Å². The average Bonchev–Trinajstić information content (AvgIpc) is 2.92. The maximum absolute atomic E-state index is 11.8. The number of hydrogen-bond acceptors (Lipinski definition) is 4. The molecule has 0 amide bonds. The van der Waals surface area contributed by atoms with Crippen molar-refractivity contribution < 1.29 is 8.42 Å². The van der Waals surface area contributed by atoms with Gasteiger partial charge in [0.2, 0.25) is 10.0 Å². The topological polar surface area (TPSA) is 50.3 Å². The average molecular weight is 272 g/mol. The van der Waals surface area contributed by atoms with Crippen LogP contribution in [0.25, 0.3) is 0 Å². The van der Waals surface area contributed by atoms with Crippen molar-refractivity contribution in [3.05, 3.63) is 16.1 Å². The van der Waals surface area contributed by atoms with Crippen LogP contribution in [-0.4, -0.2) is 30.0 Å². The van der Waals surface area contributed by atoms with E-state index in [4.69, 9.17) is 0 Å². The fourth-order valence-electron chi connectivity index (χ4n) is 2.24. The summed E-state index contributed by atoms with van der Waals surface area (Å²) in [6.45, 7) is 3.07. The molecule has 6 heteroatoms. The van der Waals surface area contributed by atoms with E-state index in [1.54, 1.807) is 15.6 Å². The predicted octanol–water partition coefficient (Wildman–Crippen LogP) is 1.80. The van der Waals surface area contributed by atoms with Crippen molar-refractivity contribution in [2.75, 3.05) is 12.3 Å². The lowest BCUT2D eigenvalue weighted by Gasteiger charge is -2.12. The molecule has 0 aromatic carbocycles. The summed E-state index contributed by atoms with van der Waals surface area (Å²) in [7, 11) is -3.03. The Morgan fingerprint density at radius 3 is 2.88 bits per heavy atom. The van der Waals surface area contributed by atoms with Crippen molar-refractivity contribution in [2.24, 2.45) is 5.92 Å². The number of rotatable bonds is 3. The van der Waals surface area contributed by atoms with Gasteiger partial charge in [0.05, 0.1) is 23.0 Å². The van der Waals surface area contributed by atoms with Crippen LogP contribution in [0.3, 0.4) is 0 Å². The third-order valence-corrected chi connectivity index (χ3v) is 6.35. The summed E-state index contributed by atoms with van der Waals surface area (Å²) in [5, 5.41) is 3.19. The predicted molar refractivity (Wildman–Crippen MR) is 67.4 cm³/mol. The molecular weight excluding hydrogens is 256 g/mol. The van der Waals surface area contributed by atoms with Crippen molar-refractivity contribution in [2.45, 2.75) is 32.2 Å². The Morgan fingerprint density at radius 2 is 2.29 bits per heavy atom. The maximum Gasteiger partial charge on any atom is 0.214 e. The maximum atomic E-state index is 11.8. The van der Waals surface area contributed by atoms with Gasteiger partial charge < -0.3 is 0 Å². The SMILES string of the molecule is CC1CN(Cc2csc(C3CC3)n2)S(=O)(=O)C1. The second kappa shape index (κ2) is 4.03. The lowest BCUT2D eigenvalue weighted by atomic mass is 10.2. The zero-order valence-corrected chi connectivity index (χ0v) is 11.4. The van der Waals surface area contributed by atoms with E-state index in [2.05, 4.69) is 4.98 Å². The smallest absolute Gasteiger partial charge is 0.214 e. The summed E-state index contributed by atoms with van der Waals surface area (Å²) in [4.78, 5) is 4.54. The molecule has 94 valence electrons. The highest BCUT2D eigenvalue weighted by Crippen LogP contribution is 2.41. The van der Waals surface area contributed by atoms with Crippen molar-refractivity contribution in [1.82, 2.24) is 9.29 Å². The molecule has 0 bridgehead atoms. The van der Waals surface area contributed by atoms with Crippen LogP contribution in [0.4, 0.5) is 0 Å². The van der Waals surface area contributed by atoms with Gasteiger partial charge in [0.25, 0.3) is 0 Å². The van der Waals surface area contributed by atoms with E-state index in [9.17, 15) is 8.42 Å². The molecular formula is C11H16N2O2S2. The summed E-state index contributed by atoms with van der Waals surface area (Å²) < 4.78 is 25.2. The van der Waals surface area contributed by atoms with Crippen LogP contribution in [0.2, 0.25) is 0 Å². The molecule has 0 radical (unpaired) electrons. The lowest BCUT2D eigenvalue weighted by molar-refractivity contribution is 0.405. The third-order valence-electron chi connectivity index (χ3n) is 3.24. The van der Waals surface area contributed by atoms with Crippen molar-refractivity contribution in [3.8, 4) is 0 Å². The molecule has 1 saturated heterocycles. The second-order valence-corrected chi connectivity index (χ2v) is 8.03. The van der Waals surface area contributed by atoms with Crippen LogP contribution in [-0.2, 0) is 16.6 Å². The fraction of sp³-hybridized carbons (Fsp3) is 0.727. The van der Waals surface area contributed by atoms with Crippen molar-refractivity contribution in [3.63, 3.8) is 0 Å². The Morgan fingerprint density at radius 1 is 1.53 bits per heavy atom. The zero-order valence-electron chi connectivity index (χ0n) is 9.80. The van der Waals surface area contributed by atoms with Crippen LogP contribution in [0.15, 0.2) is 5.38 Å². The van der Waals surface area contributed by atoms with E-state index in [-0.39, 0.29) is 11.7 Å². The molecule has 1 aromatic heterocycles. The largest absolute Gasteiger partial charge is 0.245 e. The van der Waals surface area contributed by atoms with Gasteiger partial charge in [0.1, 0.15) is 0 Å². The minimum atomic E-state index is -3.03. The molecule has 4 nitrogen and oxygen atoms in total. The molecule has 0 N–H and O–H groups in total. The minimum absolute atomic E-state index is 0.238. The van der Waals surface area contributed by atoms with E-state index >= 15 is 0 Å². The third kappa shape index (κ3) is 2.39. The number of sulfonamides is 1. The molecule has 0 spiro atoms. The van der Waals surface area contributed by atoms with Gasteiger partial charge in [0.15, 0.2) is 0 Å². The zero-order chi connectivity index (χ0) is 12.0. The highest BCUT2D eigenvalue weighted by molar-refractivity contribution is 7.89. The van der Waals surface area contributed by atoms with Gasteiger partial charge in [-0.1, -0.05) is 6.92 Å². The minimum Gasteiger partial charge on any atom is -0.245 e. The first kappa shape index (κ1) is 11.6. The first-order valence-electron chi connectivity index (χ1n) is 5.97. The van der Waals surface area contributed by atoms with Crippen LogP contribution in [0, 0.1) is 5.92 Å².